The van der Waals surface area contributed by atoms with Gasteiger partial charge in [-0.3, -0.25) is 13.9 Å². The highest BCUT2D eigenvalue weighted by Crippen LogP contribution is 2.29. The van der Waals surface area contributed by atoms with Crippen LogP contribution in [0.25, 0.3) is 0 Å². The van der Waals surface area contributed by atoms with Crippen LogP contribution in [-0.2, 0) is 26.2 Å². The molecular weight excluding hydrogens is 653 g/mol. The zero-order valence-electron chi connectivity index (χ0n) is 25.7. The Morgan fingerprint density at radius 3 is 2.24 bits per heavy atom. The number of ether oxygens (including phenoxy) is 1. The Kier molecular flexibility index (Phi) is 12.5. The quantitative estimate of drug-likeness (QED) is 0.180. The Hall–Kier alpha value is -2.92. The van der Waals surface area contributed by atoms with Crippen LogP contribution in [0.5, 0.6) is 5.75 Å². The van der Waals surface area contributed by atoms with Crippen LogP contribution in [0.1, 0.15) is 51.5 Å². The predicted octanol–water partition coefficient (Wildman–Crippen LogP) is 7.18. The maximum Gasteiger partial charge on any atom is 0.264 e. The van der Waals surface area contributed by atoms with Crippen LogP contribution >= 0.6 is 35.0 Å². The molecule has 0 radical (unpaired) electrons. The van der Waals surface area contributed by atoms with Gasteiger partial charge in [0, 0.05) is 27.5 Å². The van der Waals surface area contributed by atoms with Crippen LogP contribution in [-0.4, -0.2) is 56.6 Å². The normalized spacial score (nSPS) is 14.2. The third-order valence-electron chi connectivity index (χ3n) is 7.81. The minimum Gasteiger partial charge on any atom is -0.494 e. The molecule has 0 spiro atoms. The van der Waals surface area contributed by atoms with Gasteiger partial charge in [0.2, 0.25) is 11.8 Å². The van der Waals surface area contributed by atoms with Crippen molar-refractivity contribution in [2.24, 2.45) is 0 Å². The topological polar surface area (TPSA) is 96.0 Å². The van der Waals surface area contributed by atoms with E-state index in [4.69, 9.17) is 27.9 Å². The first kappa shape index (κ1) is 34.9. The molecule has 4 rings (SSSR count). The summed E-state index contributed by atoms with van der Waals surface area (Å²) in [5.74, 6) is -0.249. The van der Waals surface area contributed by atoms with E-state index in [1.165, 1.54) is 28.8 Å². The first-order chi connectivity index (χ1) is 21.6. The Labute approximate surface area is 280 Å². The fraction of sp³-hybridized carbons (Fsp3) is 0.394. The maximum absolute atomic E-state index is 14.3. The minimum absolute atomic E-state index is 0.00891. The molecule has 0 heterocycles. The molecule has 1 aliphatic rings. The van der Waals surface area contributed by atoms with E-state index >= 15 is 0 Å². The Bertz CT molecular complexity index is 1560. The molecule has 1 saturated carbocycles. The molecule has 12 heteroatoms. The van der Waals surface area contributed by atoms with Gasteiger partial charge >= 0.3 is 0 Å². The molecule has 0 bridgehead atoms. The fourth-order valence-corrected chi connectivity index (χ4v) is 7.69. The number of sulfonamides is 1. The average molecular weight is 693 g/mol. The molecule has 0 saturated heterocycles. The number of hydrogen-bond acceptors (Lipinski definition) is 6. The Morgan fingerprint density at radius 1 is 1.00 bits per heavy atom. The van der Waals surface area contributed by atoms with E-state index in [2.05, 4.69) is 5.32 Å². The van der Waals surface area contributed by atoms with E-state index in [0.717, 1.165) is 34.9 Å². The van der Waals surface area contributed by atoms with Crippen molar-refractivity contribution >= 4 is 62.5 Å². The van der Waals surface area contributed by atoms with E-state index in [0.29, 0.717) is 34.4 Å². The first-order valence-corrected chi connectivity index (χ1v) is 18.4. The highest BCUT2D eigenvalue weighted by molar-refractivity contribution is 7.98. The van der Waals surface area contributed by atoms with Crippen molar-refractivity contribution in [1.82, 2.24) is 10.2 Å². The molecule has 1 aliphatic carbocycles. The van der Waals surface area contributed by atoms with Crippen molar-refractivity contribution in [3.8, 4) is 5.75 Å². The Balaban J connectivity index is 1.73. The van der Waals surface area contributed by atoms with Gasteiger partial charge in [0.1, 0.15) is 18.3 Å². The standard InChI is InChI=1S/C33H39Cl2N3O5S2/c1-4-31(33(40)36-25-8-6-7-9-25)37(21-23-10-11-24(34)20-30(23)35)32(39)22-38(26-12-14-27(15-13-26)43-5-2)45(41,42)29-18-16-28(44-3)17-19-29/h10-20,25,31H,4-9,21-22H2,1-3H3,(H,36,40)/t31-/m0/s1. The van der Waals surface area contributed by atoms with Gasteiger partial charge in [0.05, 0.1) is 17.2 Å². The Morgan fingerprint density at radius 2 is 1.67 bits per heavy atom. The van der Waals surface area contributed by atoms with Crippen molar-refractivity contribution in [1.29, 1.82) is 0 Å². The second-order valence-corrected chi connectivity index (χ2v) is 14.4. The fourth-order valence-electron chi connectivity index (χ4n) is 5.40. The van der Waals surface area contributed by atoms with Crippen LogP contribution in [0, 0.1) is 0 Å². The number of benzene rings is 3. The third kappa shape index (κ3) is 8.87. The molecule has 0 unspecified atom stereocenters. The van der Waals surface area contributed by atoms with Crippen molar-refractivity contribution < 1.29 is 22.7 Å². The number of halogens is 2. The number of carbonyl (C=O) groups excluding carboxylic acids is 2. The van der Waals surface area contributed by atoms with Crippen molar-refractivity contribution in [3.63, 3.8) is 0 Å². The summed E-state index contributed by atoms with van der Waals surface area (Å²) >= 11 is 14.1. The second kappa shape index (κ2) is 16.1. The molecule has 1 N–H and O–H groups in total. The van der Waals surface area contributed by atoms with E-state index < -0.39 is 28.5 Å². The van der Waals surface area contributed by atoms with E-state index in [9.17, 15) is 18.0 Å². The van der Waals surface area contributed by atoms with Gasteiger partial charge in [0.25, 0.3) is 10.0 Å². The molecule has 0 aliphatic heterocycles. The summed E-state index contributed by atoms with van der Waals surface area (Å²) in [5.41, 5.74) is 0.873. The lowest BCUT2D eigenvalue weighted by Crippen LogP contribution is -2.53. The largest absolute Gasteiger partial charge is 0.494 e. The highest BCUT2D eigenvalue weighted by atomic mass is 35.5. The number of amides is 2. The summed E-state index contributed by atoms with van der Waals surface area (Å²) in [7, 11) is -4.20. The molecule has 2 amide bonds. The third-order valence-corrected chi connectivity index (χ3v) is 10.9. The van der Waals surface area contributed by atoms with E-state index in [-0.39, 0.29) is 29.1 Å². The van der Waals surface area contributed by atoms with E-state index in [1.807, 2.05) is 20.1 Å². The monoisotopic (exact) mass is 691 g/mol. The minimum atomic E-state index is -4.20. The zero-order valence-corrected chi connectivity index (χ0v) is 28.8. The number of nitrogens with zero attached hydrogens (tertiary/aromatic N) is 2. The van der Waals surface area contributed by atoms with Gasteiger partial charge in [-0.25, -0.2) is 8.42 Å². The number of anilines is 1. The highest BCUT2D eigenvalue weighted by Gasteiger charge is 2.35. The molecule has 3 aromatic carbocycles. The number of carbonyl (C=O) groups is 2. The van der Waals surface area contributed by atoms with Gasteiger partial charge in [-0.15, -0.1) is 11.8 Å². The SMILES string of the molecule is CCOc1ccc(N(CC(=O)N(Cc2ccc(Cl)cc2Cl)[C@@H](CC)C(=O)NC2CCCC2)S(=O)(=O)c2ccc(SC)cc2)cc1. The summed E-state index contributed by atoms with van der Waals surface area (Å²) < 4.78 is 35.0. The van der Waals surface area contributed by atoms with Gasteiger partial charge in [-0.1, -0.05) is 49.0 Å². The van der Waals surface area contributed by atoms with Gasteiger partial charge < -0.3 is 15.0 Å². The van der Waals surface area contributed by atoms with Gasteiger partial charge in [-0.05, 0) is 98.7 Å². The lowest BCUT2D eigenvalue weighted by atomic mass is 10.1. The molecule has 0 aromatic heterocycles. The second-order valence-electron chi connectivity index (χ2n) is 10.8. The van der Waals surface area contributed by atoms with Crippen LogP contribution < -0.4 is 14.4 Å². The van der Waals surface area contributed by atoms with Gasteiger partial charge in [-0.2, -0.15) is 0 Å². The number of nitrogens with one attached hydrogen (secondary N) is 1. The summed E-state index contributed by atoms with van der Waals surface area (Å²) in [6, 6.07) is 17.2. The lowest BCUT2D eigenvalue weighted by Gasteiger charge is -2.34. The van der Waals surface area contributed by atoms with E-state index in [1.54, 1.807) is 54.6 Å². The molecule has 3 aromatic rings. The maximum atomic E-state index is 14.3. The zero-order chi connectivity index (χ0) is 32.6. The number of thioether (sulfide) groups is 1. The van der Waals surface area contributed by atoms with Crippen LogP contribution in [0.3, 0.4) is 0 Å². The molecular formula is C33H39Cl2N3O5S2. The summed E-state index contributed by atoms with van der Waals surface area (Å²) in [6.07, 6.45) is 6.08. The molecule has 1 fully saturated rings. The van der Waals surface area contributed by atoms with Crippen molar-refractivity contribution in [2.75, 3.05) is 23.7 Å². The van der Waals surface area contributed by atoms with Crippen molar-refractivity contribution in [3.05, 3.63) is 82.3 Å². The molecule has 1 atom stereocenters. The van der Waals surface area contributed by atoms with Crippen LogP contribution in [0.15, 0.2) is 76.5 Å². The molecule has 45 heavy (non-hydrogen) atoms. The number of hydrogen-bond donors (Lipinski definition) is 1. The van der Waals surface area contributed by atoms with Crippen LogP contribution in [0.4, 0.5) is 5.69 Å². The predicted molar refractivity (Wildman–Crippen MR) is 182 cm³/mol. The molecule has 8 nitrogen and oxygen atoms in total. The first-order valence-electron chi connectivity index (χ1n) is 15.0. The summed E-state index contributed by atoms with van der Waals surface area (Å²) in [6.45, 7) is 3.59. The smallest absolute Gasteiger partial charge is 0.264 e. The van der Waals surface area contributed by atoms with Gasteiger partial charge in [0.15, 0.2) is 0 Å². The lowest BCUT2D eigenvalue weighted by molar-refractivity contribution is -0.140. The molecule has 242 valence electrons. The summed E-state index contributed by atoms with van der Waals surface area (Å²) in [4.78, 5) is 30.3. The average Bonchev–Trinajstić information content (AvgIpc) is 3.54. The summed E-state index contributed by atoms with van der Waals surface area (Å²) in [5, 5.41) is 3.89. The van der Waals surface area contributed by atoms with Crippen LogP contribution in [0.2, 0.25) is 10.0 Å². The number of rotatable bonds is 14. The van der Waals surface area contributed by atoms with Crippen molar-refractivity contribution in [2.45, 2.75) is 74.4 Å².